The van der Waals surface area contributed by atoms with Crippen molar-refractivity contribution in [2.45, 2.75) is 20.0 Å². The summed E-state index contributed by atoms with van der Waals surface area (Å²) in [5.74, 6) is 1.36. The first kappa shape index (κ1) is 17.0. The average molecular weight is 339 g/mol. The second-order valence-corrected chi connectivity index (χ2v) is 5.75. The van der Waals surface area contributed by atoms with Gasteiger partial charge in [0, 0.05) is 13.6 Å². The fourth-order valence-electron chi connectivity index (χ4n) is 2.66. The lowest BCUT2D eigenvalue weighted by molar-refractivity contribution is 0.625. The smallest absolute Gasteiger partial charge is 0.191 e. The van der Waals surface area contributed by atoms with E-state index in [0.29, 0.717) is 19.0 Å². The van der Waals surface area contributed by atoms with Crippen molar-refractivity contribution in [1.82, 2.24) is 20.2 Å². The number of nitrogens with zero attached hydrogens (tertiary/aromatic N) is 3. The molecule has 0 radical (unpaired) electrons. The number of aliphatic imine (C=N–C) groups is 1. The zero-order valence-corrected chi connectivity index (χ0v) is 14.5. The molecule has 0 aliphatic rings. The standard InChI is InChI=1S/C19H22FN5/c1-3-21-19(22-12-14-7-6-8-15(20)11-14)23-13-18-24-16-9-4-5-10-17(16)25(18)2/h4-11H,3,12-13H2,1-2H3,(H2,21,22,23). The Labute approximate surface area is 146 Å². The highest BCUT2D eigenvalue weighted by atomic mass is 19.1. The van der Waals surface area contributed by atoms with Gasteiger partial charge in [0.05, 0.1) is 24.1 Å². The molecule has 0 fully saturated rings. The second kappa shape index (κ2) is 7.79. The predicted octanol–water partition coefficient (Wildman–Crippen LogP) is 2.97. The molecule has 0 atom stereocenters. The van der Waals surface area contributed by atoms with E-state index in [4.69, 9.17) is 0 Å². The van der Waals surface area contributed by atoms with Crippen LogP contribution in [0.15, 0.2) is 53.5 Å². The Hall–Kier alpha value is -2.89. The van der Waals surface area contributed by atoms with E-state index in [1.807, 2.05) is 38.2 Å². The van der Waals surface area contributed by atoms with Crippen molar-refractivity contribution in [1.29, 1.82) is 0 Å². The van der Waals surface area contributed by atoms with Crippen LogP contribution < -0.4 is 10.6 Å². The van der Waals surface area contributed by atoms with E-state index >= 15 is 0 Å². The fourth-order valence-corrected chi connectivity index (χ4v) is 2.66. The van der Waals surface area contributed by atoms with E-state index < -0.39 is 0 Å². The van der Waals surface area contributed by atoms with Gasteiger partial charge in [-0.25, -0.2) is 14.4 Å². The quantitative estimate of drug-likeness (QED) is 0.555. The maximum Gasteiger partial charge on any atom is 0.191 e. The SMILES string of the molecule is CCNC(=NCc1cccc(F)c1)NCc1nc2ccccc2n1C. The molecule has 3 aromatic rings. The van der Waals surface area contributed by atoms with E-state index in [1.54, 1.807) is 6.07 Å². The molecular formula is C19H22FN5. The Kier molecular flexibility index (Phi) is 5.28. The summed E-state index contributed by atoms with van der Waals surface area (Å²) in [6.45, 7) is 3.72. The number of aryl methyl sites for hydroxylation is 1. The first-order valence-corrected chi connectivity index (χ1v) is 8.34. The summed E-state index contributed by atoms with van der Waals surface area (Å²) in [5, 5.41) is 6.48. The van der Waals surface area contributed by atoms with Crippen molar-refractivity contribution >= 4 is 17.0 Å². The molecule has 3 rings (SSSR count). The average Bonchev–Trinajstić information content (AvgIpc) is 2.94. The van der Waals surface area contributed by atoms with E-state index in [2.05, 4.69) is 31.2 Å². The third-order valence-electron chi connectivity index (χ3n) is 3.95. The number of hydrogen-bond donors (Lipinski definition) is 2. The van der Waals surface area contributed by atoms with Crippen LogP contribution in [-0.2, 0) is 20.1 Å². The maximum absolute atomic E-state index is 13.3. The molecule has 1 aromatic heterocycles. The zero-order valence-electron chi connectivity index (χ0n) is 14.5. The fraction of sp³-hybridized carbons (Fsp3) is 0.263. The Bertz CT molecular complexity index is 884. The van der Waals surface area contributed by atoms with Gasteiger partial charge in [-0.3, -0.25) is 0 Å². The van der Waals surface area contributed by atoms with Crippen LogP contribution in [0.4, 0.5) is 4.39 Å². The molecule has 0 aliphatic heterocycles. The van der Waals surface area contributed by atoms with Gasteiger partial charge >= 0.3 is 0 Å². The largest absolute Gasteiger partial charge is 0.357 e. The number of imidazole rings is 1. The number of nitrogens with one attached hydrogen (secondary N) is 2. The van der Waals surface area contributed by atoms with Crippen molar-refractivity contribution in [2.24, 2.45) is 12.0 Å². The third kappa shape index (κ3) is 4.15. The Balaban J connectivity index is 1.70. The van der Waals surface area contributed by atoms with Gasteiger partial charge in [-0.2, -0.15) is 0 Å². The zero-order chi connectivity index (χ0) is 17.6. The van der Waals surface area contributed by atoms with E-state index in [0.717, 1.165) is 29.0 Å². The van der Waals surface area contributed by atoms with E-state index in [9.17, 15) is 4.39 Å². The molecule has 0 aliphatic carbocycles. The van der Waals surface area contributed by atoms with Gasteiger partial charge in [-0.05, 0) is 36.8 Å². The molecule has 6 heteroatoms. The van der Waals surface area contributed by atoms with Crippen molar-refractivity contribution in [3.63, 3.8) is 0 Å². The lowest BCUT2D eigenvalue weighted by atomic mass is 10.2. The minimum atomic E-state index is -0.245. The molecule has 0 amide bonds. The summed E-state index contributed by atoms with van der Waals surface area (Å²) in [5.41, 5.74) is 2.91. The molecule has 2 aromatic carbocycles. The van der Waals surface area contributed by atoms with Gasteiger partial charge in [0.15, 0.2) is 5.96 Å². The Morgan fingerprint density at radius 1 is 1.16 bits per heavy atom. The van der Waals surface area contributed by atoms with E-state index in [1.165, 1.54) is 12.1 Å². The number of rotatable bonds is 5. The molecule has 5 nitrogen and oxygen atoms in total. The van der Waals surface area contributed by atoms with Gasteiger partial charge in [0.25, 0.3) is 0 Å². The summed E-state index contributed by atoms with van der Waals surface area (Å²) >= 11 is 0. The molecule has 0 bridgehead atoms. The number of halogens is 1. The van der Waals surface area contributed by atoms with Crippen LogP contribution in [0.5, 0.6) is 0 Å². The van der Waals surface area contributed by atoms with Crippen LogP contribution >= 0.6 is 0 Å². The summed E-state index contributed by atoms with van der Waals surface area (Å²) in [4.78, 5) is 9.16. The van der Waals surface area contributed by atoms with Crippen molar-refractivity contribution in [3.8, 4) is 0 Å². The summed E-state index contributed by atoms with van der Waals surface area (Å²) in [7, 11) is 2.00. The van der Waals surface area contributed by atoms with Gasteiger partial charge in [-0.1, -0.05) is 24.3 Å². The summed E-state index contributed by atoms with van der Waals surface area (Å²) in [6.07, 6.45) is 0. The monoisotopic (exact) mass is 339 g/mol. The number of para-hydroxylation sites is 2. The van der Waals surface area contributed by atoms with Crippen LogP contribution in [0.25, 0.3) is 11.0 Å². The third-order valence-corrected chi connectivity index (χ3v) is 3.95. The number of aromatic nitrogens is 2. The summed E-state index contributed by atoms with van der Waals surface area (Å²) < 4.78 is 15.3. The predicted molar refractivity (Wildman–Crippen MR) is 98.8 cm³/mol. The highest BCUT2D eigenvalue weighted by Crippen LogP contribution is 2.13. The van der Waals surface area contributed by atoms with Crippen LogP contribution in [0.1, 0.15) is 18.3 Å². The number of guanidine groups is 1. The molecule has 0 spiro atoms. The first-order valence-electron chi connectivity index (χ1n) is 8.34. The highest BCUT2D eigenvalue weighted by Gasteiger charge is 2.07. The molecule has 0 saturated heterocycles. The Morgan fingerprint density at radius 3 is 2.76 bits per heavy atom. The van der Waals surface area contributed by atoms with Crippen LogP contribution in [0.3, 0.4) is 0 Å². The highest BCUT2D eigenvalue weighted by molar-refractivity contribution is 5.80. The van der Waals surface area contributed by atoms with Crippen LogP contribution in [0.2, 0.25) is 0 Å². The van der Waals surface area contributed by atoms with Crippen LogP contribution in [0, 0.1) is 5.82 Å². The molecular weight excluding hydrogens is 317 g/mol. The van der Waals surface area contributed by atoms with Crippen LogP contribution in [-0.4, -0.2) is 22.1 Å². The topological polar surface area (TPSA) is 54.2 Å². The normalized spacial score (nSPS) is 11.7. The molecule has 0 unspecified atom stereocenters. The van der Waals surface area contributed by atoms with E-state index in [-0.39, 0.29) is 5.82 Å². The molecule has 1 heterocycles. The van der Waals surface area contributed by atoms with Crippen molar-refractivity contribution in [3.05, 3.63) is 65.7 Å². The van der Waals surface area contributed by atoms with Gasteiger partial charge in [-0.15, -0.1) is 0 Å². The van der Waals surface area contributed by atoms with Gasteiger partial charge in [0.1, 0.15) is 11.6 Å². The second-order valence-electron chi connectivity index (χ2n) is 5.75. The lowest BCUT2D eigenvalue weighted by Gasteiger charge is -2.11. The summed E-state index contributed by atoms with van der Waals surface area (Å²) in [6, 6.07) is 14.5. The number of fused-ring (bicyclic) bond motifs is 1. The first-order chi connectivity index (χ1) is 12.2. The van der Waals surface area contributed by atoms with Gasteiger partial charge < -0.3 is 15.2 Å². The van der Waals surface area contributed by atoms with Crippen molar-refractivity contribution < 1.29 is 4.39 Å². The molecule has 2 N–H and O–H groups in total. The minimum absolute atomic E-state index is 0.245. The molecule has 130 valence electrons. The Morgan fingerprint density at radius 2 is 2.00 bits per heavy atom. The minimum Gasteiger partial charge on any atom is -0.357 e. The molecule has 0 saturated carbocycles. The molecule has 25 heavy (non-hydrogen) atoms. The number of hydrogen-bond acceptors (Lipinski definition) is 2. The van der Waals surface area contributed by atoms with Gasteiger partial charge in [0.2, 0.25) is 0 Å². The lowest BCUT2D eigenvalue weighted by Crippen LogP contribution is -2.37. The maximum atomic E-state index is 13.3. The van der Waals surface area contributed by atoms with Crippen molar-refractivity contribution in [2.75, 3.05) is 6.54 Å². The number of benzene rings is 2.